The van der Waals surface area contributed by atoms with Gasteiger partial charge in [-0.3, -0.25) is 0 Å². The van der Waals surface area contributed by atoms with Crippen LogP contribution in [0, 0.1) is 0 Å². The van der Waals surface area contributed by atoms with E-state index >= 15 is 0 Å². The summed E-state index contributed by atoms with van der Waals surface area (Å²) >= 11 is 3.52. The molecule has 1 aromatic heterocycles. The van der Waals surface area contributed by atoms with Gasteiger partial charge in [0.15, 0.2) is 0 Å². The summed E-state index contributed by atoms with van der Waals surface area (Å²) in [6, 6.07) is 8.27. The Hall–Kier alpha value is -0.840. The lowest BCUT2D eigenvalue weighted by atomic mass is 10.2. The SMILES string of the molecule is CCCNC(COCC)c1cc2cccc(Br)c2o1. The number of furan rings is 1. The summed E-state index contributed by atoms with van der Waals surface area (Å²) in [5, 5.41) is 4.58. The standard InChI is InChI=1S/C15H20BrNO2/c1-3-8-17-13(10-18-4-2)14-9-11-6-5-7-12(16)15(11)19-14/h5-7,9,13,17H,3-4,8,10H2,1-2H3. The molecular weight excluding hydrogens is 306 g/mol. The number of fused-ring (bicyclic) bond motifs is 1. The maximum atomic E-state index is 5.97. The Bertz CT molecular complexity index is 516. The molecule has 1 heterocycles. The van der Waals surface area contributed by atoms with Crippen LogP contribution in [0.25, 0.3) is 11.0 Å². The van der Waals surface area contributed by atoms with Crippen molar-refractivity contribution in [2.24, 2.45) is 0 Å². The first-order valence-electron chi connectivity index (χ1n) is 6.75. The van der Waals surface area contributed by atoms with E-state index in [-0.39, 0.29) is 6.04 Å². The summed E-state index contributed by atoms with van der Waals surface area (Å²) in [6.45, 7) is 6.46. The van der Waals surface area contributed by atoms with Crippen LogP contribution in [0.3, 0.4) is 0 Å². The van der Waals surface area contributed by atoms with Gasteiger partial charge in [0.1, 0.15) is 11.3 Å². The van der Waals surface area contributed by atoms with Crippen molar-refractivity contribution in [3.8, 4) is 0 Å². The van der Waals surface area contributed by atoms with Crippen LogP contribution in [0.4, 0.5) is 0 Å². The molecule has 0 amide bonds. The first kappa shape index (κ1) is 14.6. The summed E-state index contributed by atoms with van der Waals surface area (Å²) in [6.07, 6.45) is 1.09. The summed E-state index contributed by atoms with van der Waals surface area (Å²) in [5.74, 6) is 0.934. The summed E-state index contributed by atoms with van der Waals surface area (Å²) in [5.41, 5.74) is 0.900. The topological polar surface area (TPSA) is 34.4 Å². The van der Waals surface area contributed by atoms with Gasteiger partial charge in [-0.15, -0.1) is 0 Å². The second-order valence-electron chi connectivity index (χ2n) is 4.47. The molecule has 1 aromatic carbocycles. The monoisotopic (exact) mass is 325 g/mol. The van der Waals surface area contributed by atoms with E-state index in [4.69, 9.17) is 9.15 Å². The van der Waals surface area contributed by atoms with Crippen LogP contribution in [0.2, 0.25) is 0 Å². The van der Waals surface area contributed by atoms with Gasteiger partial charge in [0.2, 0.25) is 0 Å². The number of nitrogens with one attached hydrogen (secondary N) is 1. The Labute approximate surface area is 122 Å². The third-order valence-electron chi connectivity index (χ3n) is 2.99. The molecule has 0 bridgehead atoms. The molecule has 1 unspecified atom stereocenters. The van der Waals surface area contributed by atoms with E-state index in [0.29, 0.717) is 13.2 Å². The van der Waals surface area contributed by atoms with Crippen LogP contribution in [-0.4, -0.2) is 19.8 Å². The Balaban J connectivity index is 2.24. The molecule has 0 aliphatic rings. The quantitative estimate of drug-likeness (QED) is 0.825. The number of benzene rings is 1. The molecular formula is C15H20BrNO2. The van der Waals surface area contributed by atoms with Crippen molar-refractivity contribution in [1.29, 1.82) is 0 Å². The first-order valence-corrected chi connectivity index (χ1v) is 7.54. The molecule has 104 valence electrons. The highest BCUT2D eigenvalue weighted by Crippen LogP contribution is 2.29. The van der Waals surface area contributed by atoms with Gasteiger partial charge in [-0.25, -0.2) is 0 Å². The molecule has 1 N–H and O–H groups in total. The lowest BCUT2D eigenvalue weighted by Gasteiger charge is -2.15. The van der Waals surface area contributed by atoms with Gasteiger partial charge in [-0.2, -0.15) is 0 Å². The van der Waals surface area contributed by atoms with Crippen molar-refractivity contribution in [3.05, 3.63) is 34.5 Å². The average Bonchev–Trinajstić information content (AvgIpc) is 2.84. The Kier molecular flexibility index (Phi) is 5.43. The van der Waals surface area contributed by atoms with Crippen LogP contribution >= 0.6 is 15.9 Å². The maximum Gasteiger partial charge on any atom is 0.148 e. The maximum absolute atomic E-state index is 5.97. The van der Waals surface area contributed by atoms with Gasteiger partial charge < -0.3 is 14.5 Å². The summed E-state index contributed by atoms with van der Waals surface area (Å²) in [4.78, 5) is 0. The molecule has 4 heteroatoms. The van der Waals surface area contributed by atoms with E-state index in [0.717, 1.165) is 34.2 Å². The zero-order chi connectivity index (χ0) is 13.7. The van der Waals surface area contributed by atoms with Gasteiger partial charge in [0.25, 0.3) is 0 Å². The predicted octanol–water partition coefficient (Wildman–Crippen LogP) is 4.27. The molecule has 0 aliphatic heterocycles. The Morgan fingerprint density at radius 2 is 2.21 bits per heavy atom. The fourth-order valence-corrected chi connectivity index (χ4v) is 2.48. The minimum atomic E-state index is 0.110. The second-order valence-corrected chi connectivity index (χ2v) is 5.33. The van der Waals surface area contributed by atoms with Crippen molar-refractivity contribution < 1.29 is 9.15 Å². The van der Waals surface area contributed by atoms with Crippen LogP contribution in [-0.2, 0) is 4.74 Å². The van der Waals surface area contributed by atoms with E-state index in [9.17, 15) is 0 Å². The molecule has 0 saturated heterocycles. The molecule has 1 atom stereocenters. The molecule has 3 nitrogen and oxygen atoms in total. The van der Waals surface area contributed by atoms with E-state index in [1.54, 1.807) is 0 Å². The summed E-state index contributed by atoms with van der Waals surface area (Å²) < 4.78 is 12.5. The van der Waals surface area contributed by atoms with Gasteiger partial charge >= 0.3 is 0 Å². The minimum Gasteiger partial charge on any atom is -0.458 e. The smallest absolute Gasteiger partial charge is 0.148 e. The minimum absolute atomic E-state index is 0.110. The van der Waals surface area contributed by atoms with Crippen molar-refractivity contribution in [2.75, 3.05) is 19.8 Å². The highest BCUT2D eigenvalue weighted by Gasteiger charge is 2.16. The fourth-order valence-electron chi connectivity index (χ4n) is 2.02. The molecule has 2 rings (SSSR count). The fraction of sp³-hybridized carbons (Fsp3) is 0.467. The van der Waals surface area contributed by atoms with Crippen LogP contribution in [0.5, 0.6) is 0 Å². The van der Waals surface area contributed by atoms with E-state index in [1.807, 2.05) is 19.1 Å². The zero-order valence-corrected chi connectivity index (χ0v) is 13.0. The second kappa shape index (κ2) is 7.08. The van der Waals surface area contributed by atoms with E-state index < -0.39 is 0 Å². The van der Waals surface area contributed by atoms with Crippen LogP contribution in [0.1, 0.15) is 32.1 Å². The Morgan fingerprint density at radius 1 is 1.37 bits per heavy atom. The molecule has 19 heavy (non-hydrogen) atoms. The van der Waals surface area contributed by atoms with Crippen molar-refractivity contribution >= 4 is 26.9 Å². The van der Waals surface area contributed by atoms with Gasteiger partial charge in [-0.1, -0.05) is 19.1 Å². The average molecular weight is 326 g/mol. The first-order chi connectivity index (χ1) is 9.26. The van der Waals surface area contributed by atoms with Crippen molar-refractivity contribution in [2.45, 2.75) is 26.3 Å². The molecule has 0 spiro atoms. The van der Waals surface area contributed by atoms with Gasteiger partial charge in [0.05, 0.1) is 17.1 Å². The largest absolute Gasteiger partial charge is 0.458 e. The molecule has 0 saturated carbocycles. The van der Waals surface area contributed by atoms with Gasteiger partial charge in [0, 0.05) is 12.0 Å². The van der Waals surface area contributed by atoms with Gasteiger partial charge in [-0.05, 0) is 48.0 Å². The molecule has 0 radical (unpaired) electrons. The lowest BCUT2D eigenvalue weighted by Crippen LogP contribution is -2.26. The highest BCUT2D eigenvalue weighted by molar-refractivity contribution is 9.10. The highest BCUT2D eigenvalue weighted by atomic mass is 79.9. The zero-order valence-electron chi connectivity index (χ0n) is 11.4. The van der Waals surface area contributed by atoms with E-state index in [1.165, 1.54) is 0 Å². The predicted molar refractivity (Wildman–Crippen MR) is 81.4 cm³/mol. The van der Waals surface area contributed by atoms with Crippen LogP contribution in [0.15, 0.2) is 33.2 Å². The number of ether oxygens (including phenoxy) is 1. The van der Waals surface area contributed by atoms with Crippen molar-refractivity contribution in [1.82, 2.24) is 5.32 Å². The Morgan fingerprint density at radius 3 is 2.89 bits per heavy atom. The number of halogens is 1. The van der Waals surface area contributed by atoms with Crippen molar-refractivity contribution in [3.63, 3.8) is 0 Å². The molecule has 0 fully saturated rings. The molecule has 0 aliphatic carbocycles. The van der Waals surface area contributed by atoms with Crippen LogP contribution < -0.4 is 5.32 Å². The lowest BCUT2D eigenvalue weighted by molar-refractivity contribution is 0.116. The number of hydrogen-bond donors (Lipinski definition) is 1. The summed E-state index contributed by atoms with van der Waals surface area (Å²) in [7, 11) is 0. The third-order valence-corrected chi connectivity index (χ3v) is 3.61. The number of hydrogen-bond acceptors (Lipinski definition) is 3. The normalized spacial score (nSPS) is 13.0. The van der Waals surface area contributed by atoms with E-state index in [2.05, 4.69) is 40.3 Å². The number of para-hydroxylation sites is 1. The third kappa shape index (κ3) is 3.59. The molecule has 2 aromatic rings. The number of rotatable bonds is 7.